The lowest BCUT2D eigenvalue weighted by atomic mass is 9.85. The molecule has 0 bridgehead atoms. The van der Waals surface area contributed by atoms with Gasteiger partial charge in [0.05, 0.1) is 5.38 Å². The lowest BCUT2D eigenvalue weighted by Crippen LogP contribution is -2.07. The summed E-state index contributed by atoms with van der Waals surface area (Å²) in [5, 5.41) is 0.202. The lowest BCUT2D eigenvalue weighted by Gasteiger charge is -2.22. The van der Waals surface area contributed by atoms with Crippen LogP contribution < -0.4 is 0 Å². The molecule has 0 spiro atoms. The molecule has 1 aromatic carbocycles. The smallest absolute Gasteiger partial charge is 0.0585 e. The average molecular weight is 293 g/mol. The Morgan fingerprint density at radius 1 is 1.05 bits per heavy atom. The normalized spacial score (nSPS) is 18.1. The summed E-state index contributed by atoms with van der Waals surface area (Å²) < 4.78 is 0. The van der Waals surface area contributed by atoms with Crippen LogP contribution in [0.1, 0.15) is 80.9 Å². The quantitative estimate of drug-likeness (QED) is 0.528. The van der Waals surface area contributed by atoms with E-state index in [1.54, 1.807) is 0 Å². The number of rotatable bonds is 6. The van der Waals surface area contributed by atoms with Crippen LogP contribution in [0.15, 0.2) is 18.2 Å². The third-order valence-electron chi connectivity index (χ3n) is 4.91. The second kappa shape index (κ2) is 8.08. The molecule has 0 nitrogen and oxygen atoms in total. The fourth-order valence-corrected chi connectivity index (χ4v) is 3.80. The van der Waals surface area contributed by atoms with Crippen molar-refractivity contribution in [3.8, 4) is 0 Å². The molecule has 1 heteroatoms. The molecular formula is C19H29Cl. The van der Waals surface area contributed by atoms with Crippen LogP contribution in [0.2, 0.25) is 0 Å². The van der Waals surface area contributed by atoms with Gasteiger partial charge >= 0.3 is 0 Å². The first-order valence-corrected chi connectivity index (χ1v) is 8.94. The maximum atomic E-state index is 6.65. The summed E-state index contributed by atoms with van der Waals surface area (Å²) in [6, 6.07) is 6.87. The van der Waals surface area contributed by atoms with E-state index in [1.807, 2.05) is 0 Å². The lowest BCUT2D eigenvalue weighted by molar-refractivity contribution is 0.331. The van der Waals surface area contributed by atoms with Crippen molar-refractivity contribution in [2.45, 2.75) is 77.0 Å². The molecular weight excluding hydrogens is 264 g/mol. The van der Waals surface area contributed by atoms with Crippen molar-refractivity contribution in [3.63, 3.8) is 0 Å². The first-order valence-electron chi connectivity index (χ1n) is 8.50. The van der Waals surface area contributed by atoms with Gasteiger partial charge in [-0.05, 0) is 48.3 Å². The third-order valence-corrected chi connectivity index (χ3v) is 5.38. The monoisotopic (exact) mass is 292 g/mol. The predicted octanol–water partition coefficient (Wildman–Crippen LogP) is 6.45. The van der Waals surface area contributed by atoms with Crippen LogP contribution in [0, 0.1) is 5.92 Å². The highest BCUT2D eigenvalue weighted by molar-refractivity contribution is 6.20. The highest BCUT2D eigenvalue weighted by Gasteiger charge is 2.16. The van der Waals surface area contributed by atoms with Crippen LogP contribution in [0.25, 0.3) is 0 Å². The van der Waals surface area contributed by atoms with Crippen molar-refractivity contribution < 1.29 is 0 Å². The standard InChI is InChI=1S/C19H29Cl/c1-3-16-11-12-18(14-17(16)4-2)19(20)13-10-15-8-6-5-7-9-15/h11-12,14-15,19H,3-10,13H2,1-2H3. The number of hydrogen-bond donors (Lipinski definition) is 0. The Kier molecular flexibility index (Phi) is 6.42. The van der Waals surface area contributed by atoms with E-state index in [9.17, 15) is 0 Å². The minimum Gasteiger partial charge on any atom is -0.118 e. The number of hydrogen-bond acceptors (Lipinski definition) is 0. The first kappa shape index (κ1) is 15.9. The van der Waals surface area contributed by atoms with Crippen LogP contribution >= 0.6 is 11.6 Å². The van der Waals surface area contributed by atoms with Gasteiger partial charge in [0.1, 0.15) is 0 Å². The fourth-order valence-electron chi connectivity index (χ4n) is 3.54. The molecule has 0 radical (unpaired) electrons. The Balaban J connectivity index is 1.92. The third kappa shape index (κ3) is 4.25. The molecule has 0 aromatic heterocycles. The molecule has 1 aliphatic carbocycles. The molecule has 1 aliphatic rings. The molecule has 112 valence electrons. The minimum atomic E-state index is 0.202. The van der Waals surface area contributed by atoms with E-state index in [1.165, 1.54) is 55.2 Å². The van der Waals surface area contributed by atoms with Gasteiger partial charge in [0.15, 0.2) is 0 Å². The molecule has 0 saturated heterocycles. The molecule has 2 rings (SSSR count). The van der Waals surface area contributed by atoms with Gasteiger partial charge in [-0.15, -0.1) is 11.6 Å². The van der Waals surface area contributed by atoms with Crippen molar-refractivity contribution in [2.24, 2.45) is 5.92 Å². The van der Waals surface area contributed by atoms with Gasteiger partial charge in [0, 0.05) is 0 Å². The van der Waals surface area contributed by atoms with E-state index < -0.39 is 0 Å². The molecule has 1 aromatic rings. The van der Waals surface area contributed by atoms with Gasteiger partial charge in [-0.3, -0.25) is 0 Å². The first-order chi connectivity index (χ1) is 9.74. The maximum Gasteiger partial charge on any atom is 0.0585 e. The van der Waals surface area contributed by atoms with Crippen molar-refractivity contribution in [1.29, 1.82) is 0 Å². The average Bonchev–Trinajstić information content (AvgIpc) is 2.52. The van der Waals surface area contributed by atoms with Crippen LogP contribution in [-0.4, -0.2) is 0 Å². The number of halogens is 1. The summed E-state index contributed by atoms with van der Waals surface area (Å²) in [5.41, 5.74) is 4.29. The van der Waals surface area contributed by atoms with E-state index in [4.69, 9.17) is 11.6 Å². The second-order valence-electron chi connectivity index (χ2n) is 6.28. The van der Waals surface area contributed by atoms with Crippen LogP contribution in [0.3, 0.4) is 0 Å². The van der Waals surface area contributed by atoms with Crippen LogP contribution in [-0.2, 0) is 12.8 Å². The molecule has 1 saturated carbocycles. The van der Waals surface area contributed by atoms with E-state index in [-0.39, 0.29) is 5.38 Å². The second-order valence-corrected chi connectivity index (χ2v) is 6.81. The van der Waals surface area contributed by atoms with Crippen LogP contribution in [0.4, 0.5) is 0 Å². The molecule has 0 aliphatic heterocycles. The summed E-state index contributed by atoms with van der Waals surface area (Å²) in [7, 11) is 0. The SMILES string of the molecule is CCc1ccc(C(Cl)CCC2CCCCC2)cc1CC. The zero-order valence-electron chi connectivity index (χ0n) is 13.1. The fraction of sp³-hybridized carbons (Fsp3) is 0.684. The Hall–Kier alpha value is -0.490. The summed E-state index contributed by atoms with van der Waals surface area (Å²) in [4.78, 5) is 0. The predicted molar refractivity (Wildman–Crippen MR) is 89.6 cm³/mol. The molecule has 20 heavy (non-hydrogen) atoms. The van der Waals surface area contributed by atoms with Crippen molar-refractivity contribution in [2.75, 3.05) is 0 Å². The Morgan fingerprint density at radius 2 is 1.75 bits per heavy atom. The van der Waals surface area contributed by atoms with Gasteiger partial charge in [0.25, 0.3) is 0 Å². The summed E-state index contributed by atoms with van der Waals surface area (Å²) >= 11 is 6.65. The maximum absolute atomic E-state index is 6.65. The summed E-state index contributed by atoms with van der Waals surface area (Å²) in [5.74, 6) is 0.936. The number of benzene rings is 1. The Morgan fingerprint density at radius 3 is 2.40 bits per heavy atom. The summed E-state index contributed by atoms with van der Waals surface area (Å²) in [6.45, 7) is 4.47. The zero-order valence-corrected chi connectivity index (χ0v) is 13.9. The van der Waals surface area contributed by atoms with Crippen LogP contribution in [0.5, 0.6) is 0 Å². The number of alkyl halides is 1. The molecule has 0 amide bonds. The van der Waals surface area contributed by atoms with E-state index >= 15 is 0 Å². The zero-order chi connectivity index (χ0) is 14.4. The molecule has 1 unspecified atom stereocenters. The van der Waals surface area contributed by atoms with Crippen molar-refractivity contribution in [1.82, 2.24) is 0 Å². The highest BCUT2D eigenvalue weighted by Crippen LogP contribution is 2.33. The Labute approximate surface area is 129 Å². The van der Waals surface area contributed by atoms with Crippen molar-refractivity contribution in [3.05, 3.63) is 34.9 Å². The van der Waals surface area contributed by atoms with E-state index in [2.05, 4.69) is 32.0 Å². The van der Waals surface area contributed by atoms with Gasteiger partial charge in [-0.1, -0.05) is 64.2 Å². The van der Waals surface area contributed by atoms with Gasteiger partial charge in [0.2, 0.25) is 0 Å². The number of aryl methyl sites for hydroxylation is 2. The molecule has 0 N–H and O–H groups in total. The van der Waals surface area contributed by atoms with Crippen molar-refractivity contribution >= 4 is 11.6 Å². The van der Waals surface area contributed by atoms with Gasteiger partial charge < -0.3 is 0 Å². The van der Waals surface area contributed by atoms with Gasteiger partial charge in [-0.2, -0.15) is 0 Å². The minimum absolute atomic E-state index is 0.202. The largest absolute Gasteiger partial charge is 0.118 e. The molecule has 0 heterocycles. The Bertz CT molecular complexity index is 404. The highest BCUT2D eigenvalue weighted by atomic mass is 35.5. The van der Waals surface area contributed by atoms with E-state index in [0.29, 0.717) is 0 Å². The van der Waals surface area contributed by atoms with Gasteiger partial charge in [-0.25, -0.2) is 0 Å². The molecule has 1 fully saturated rings. The van der Waals surface area contributed by atoms with E-state index in [0.717, 1.165) is 25.2 Å². The summed E-state index contributed by atoms with van der Waals surface area (Å²) in [6.07, 6.45) is 11.9. The molecule has 1 atom stereocenters. The topological polar surface area (TPSA) is 0 Å².